The van der Waals surface area contributed by atoms with E-state index in [4.69, 9.17) is 0 Å². The van der Waals surface area contributed by atoms with Crippen LogP contribution in [-0.4, -0.2) is 41.7 Å². The van der Waals surface area contributed by atoms with Gasteiger partial charge in [-0.2, -0.15) is 4.31 Å². The largest absolute Gasteiger partial charge is 0.348 e. The molecule has 30 heavy (non-hydrogen) atoms. The van der Waals surface area contributed by atoms with Gasteiger partial charge in [0.1, 0.15) is 0 Å². The molecule has 8 heteroatoms. The van der Waals surface area contributed by atoms with Gasteiger partial charge in [0.05, 0.1) is 10.6 Å². The Morgan fingerprint density at radius 2 is 1.77 bits per heavy atom. The van der Waals surface area contributed by atoms with Crippen LogP contribution in [0.2, 0.25) is 0 Å². The fourth-order valence-corrected chi connectivity index (χ4v) is 4.87. The summed E-state index contributed by atoms with van der Waals surface area (Å²) >= 11 is 0. The van der Waals surface area contributed by atoms with Crippen molar-refractivity contribution in [1.82, 2.24) is 19.6 Å². The van der Waals surface area contributed by atoms with Crippen molar-refractivity contribution in [2.45, 2.75) is 24.3 Å². The maximum absolute atomic E-state index is 12.6. The molecule has 1 aliphatic heterocycles. The second kappa shape index (κ2) is 8.73. The quantitative estimate of drug-likeness (QED) is 0.659. The molecule has 3 heterocycles. The Labute approximate surface area is 175 Å². The number of hydrogen-bond acceptors (Lipinski definition) is 5. The highest BCUT2D eigenvalue weighted by atomic mass is 32.2. The van der Waals surface area contributed by atoms with E-state index in [0.29, 0.717) is 25.2 Å². The minimum absolute atomic E-state index is 0.219. The van der Waals surface area contributed by atoms with Crippen LogP contribution < -0.4 is 5.32 Å². The highest BCUT2D eigenvalue weighted by Crippen LogP contribution is 2.21. The van der Waals surface area contributed by atoms with Crippen molar-refractivity contribution in [3.63, 3.8) is 0 Å². The van der Waals surface area contributed by atoms with Crippen molar-refractivity contribution in [2.24, 2.45) is 0 Å². The molecule has 2 aromatic heterocycles. The molecule has 1 fully saturated rings. The second-order valence-electron chi connectivity index (χ2n) is 7.11. The molecule has 0 atom stereocenters. The molecule has 0 spiro atoms. The van der Waals surface area contributed by atoms with Gasteiger partial charge in [0, 0.05) is 49.4 Å². The van der Waals surface area contributed by atoms with Crippen LogP contribution in [0.1, 0.15) is 28.8 Å². The molecule has 1 amide bonds. The topological polar surface area (TPSA) is 92.3 Å². The fourth-order valence-electron chi connectivity index (χ4n) is 3.35. The summed E-state index contributed by atoms with van der Waals surface area (Å²) in [7, 11) is -3.47. The Bertz CT molecular complexity index is 1110. The number of benzene rings is 1. The van der Waals surface area contributed by atoms with Crippen LogP contribution in [-0.2, 0) is 16.6 Å². The van der Waals surface area contributed by atoms with Crippen LogP contribution >= 0.6 is 0 Å². The summed E-state index contributed by atoms with van der Waals surface area (Å²) in [5, 5.41) is 2.84. The number of nitrogens with zero attached hydrogens (tertiary/aromatic N) is 3. The zero-order valence-electron chi connectivity index (χ0n) is 16.4. The van der Waals surface area contributed by atoms with Crippen LogP contribution in [0.4, 0.5) is 0 Å². The Morgan fingerprint density at radius 1 is 1.00 bits per heavy atom. The molecule has 7 nitrogen and oxygen atoms in total. The predicted octanol–water partition coefficient (Wildman–Crippen LogP) is 2.86. The van der Waals surface area contributed by atoms with E-state index in [9.17, 15) is 13.2 Å². The number of nitrogens with one attached hydrogen (secondary N) is 1. The van der Waals surface area contributed by atoms with E-state index in [-0.39, 0.29) is 10.8 Å². The van der Waals surface area contributed by atoms with Crippen LogP contribution in [0.3, 0.4) is 0 Å². The number of aromatic nitrogens is 2. The highest BCUT2D eigenvalue weighted by Gasteiger charge is 2.27. The molecule has 1 N–H and O–H groups in total. The molecule has 0 unspecified atom stereocenters. The standard InChI is InChI=1S/C22H22N4O3S/c27-22(18-6-8-20(9-7-18)30(28,29)26-12-1-2-13-26)25-15-17-5-10-21(24-14-17)19-4-3-11-23-16-19/h3-11,14,16H,1-2,12-13,15H2,(H,25,27). The van der Waals surface area contributed by atoms with E-state index in [0.717, 1.165) is 29.7 Å². The van der Waals surface area contributed by atoms with Gasteiger partial charge in [-0.15, -0.1) is 0 Å². The number of pyridine rings is 2. The molecule has 1 aliphatic rings. The van der Waals surface area contributed by atoms with Gasteiger partial charge in [-0.25, -0.2) is 8.42 Å². The first-order chi connectivity index (χ1) is 14.5. The number of carbonyl (C=O) groups is 1. The van der Waals surface area contributed by atoms with Crippen molar-refractivity contribution in [3.8, 4) is 11.3 Å². The molecule has 0 radical (unpaired) electrons. The van der Waals surface area contributed by atoms with Crippen LogP contribution in [0.25, 0.3) is 11.3 Å². The van der Waals surface area contributed by atoms with E-state index in [1.807, 2.05) is 24.3 Å². The summed E-state index contributed by atoms with van der Waals surface area (Å²) in [6, 6.07) is 13.7. The minimum Gasteiger partial charge on any atom is -0.348 e. The molecule has 0 saturated carbocycles. The van der Waals surface area contributed by atoms with Gasteiger partial charge in [0.15, 0.2) is 0 Å². The third-order valence-electron chi connectivity index (χ3n) is 5.05. The lowest BCUT2D eigenvalue weighted by Crippen LogP contribution is -2.28. The van der Waals surface area contributed by atoms with E-state index < -0.39 is 10.0 Å². The highest BCUT2D eigenvalue weighted by molar-refractivity contribution is 7.89. The molecular formula is C22H22N4O3S. The molecule has 3 aromatic rings. The Morgan fingerprint density at radius 3 is 2.40 bits per heavy atom. The smallest absolute Gasteiger partial charge is 0.251 e. The third-order valence-corrected chi connectivity index (χ3v) is 6.97. The number of amides is 1. The molecular weight excluding hydrogens is 400 g/mol. The lowest BCUT2D eigenvalue weighted by molar-refractivity contribution is 0.0951. The lowest BCUT2D eigenvalue weighted by Gasteiger charge is -2.15. The Balaban J connectivity index is 1.37. The van der Waals surface area contributed by atoms with Gasteiger partial charge in [-0.05, 0) is 60.9 Å². The van der Waals surface area contributed by atoms with Crippen LogP contribution in [0.5, 0.6) is 0 Å². The van der Waals surface area contributed by atoms with E-state index in [1.165, 1.54) is 16.4 Å². The maximum Gasteiger partial charge on any atom is 0.251 e. The number of rotatable bonds is 6. The molecule has 1 saturated heterocycles. The Kier molecular flexibility index (Phi) is 5.87. The second-order valence-corrected chi connectivity index (χ2v) is 9.05. The average Bonchev–Trinajstić information content (AvgIpc) is 3.34. The van der Waals surface area contributed by atoms with Gasteiger partial charge in [-0.1, -0.05) is 6.07 Å². The molecule has 0 bridgehead atoms. The molecule has 154 valence electrons. The number of sulfonamides is 1. The van der Waals surface area contributed by atoms with Crippen molar-refractivity contribution >= 4 is 15.9 Å². The van der Waals surface area contributed by atoms with Crippen LogP contribution in [0.15, 0.2) is 72.0 Å². The summed E-state index contributed by atoms with van der Waals surface area (Å²) in [6.07, 6.45) is 6.95. The van der Waals surface area contributed by atoms with Crippen molar-refractivity contribution < 1.29 is 13.2 Å². The fraction of sp³-hybridized carbons (Fsp3) is 0.227. The summed E-state index contributed by atoms with van der Waals surface area (Å²) in [5.74, 6) is -0.267. The summed E-state index contributed by atoms with van der Waals surface area (Å²) in [5.41, 5.74) is 3.02. The van der Waals surface area contributed by atoms with Gasteiger partial charge < -0.3 is 5.32 Å². The Hall–Kier alpha value is -3.10. The summed E-state index contributed by atoms with van der Waals surface area (Å²) in [6.45, 7) is 1.43. The average molecular weight is 423 g/mol. The molecule has 4 rings (SSSR count). The number of carbonyl (C=O) groups excluding carboxylic acids is 1. The van der Waals surface area contributed by atoms with Crippen molar-refractivity contribution in [1.29, 1.82) is 0 Å². The lowest BCUT2D eigenvalue weighted by atomic mass is 10.1. The normalized spacial score (nSPS) is 14.5. The van der Waals surface area contributed by atoms with Gasteiger partial charge >= 0.3 is 0 Å². The minimum atomic E-state index is -3.47. The first-order valence-electron chi connectivity index (χ1n) is 9.78. The number of hydrogen-bond donors (Lipinski definition) is 1. The SMILES string of the molecule is O=C(NCc1ccc(-c2cccnc2)nc1)c1ccc(S(=O)(=O)N2CCCC2)cc1. The van der Waals surface area contributed by atoms with Gasteiger partial charge in [0.25, 0.3) is 5.91 Å². The maximum atomic E-state index is 12.6. The van der Waals surface area contributed by atoms with E-state index in [2.05, 4.69) is 15.3 Å². The first kappa shape index (κ1) is 20.2. The zero-order valence-corrected chi connectivity index (χ0v) is 17.2. The van der Waals surface area contributed by atoms with Crippen LogP contribution in [0, 0.1) is 0 Å². The molecule has 1 aromatic carbocycles. The summed E-state index contributed by atoms with van der Waals surface area (Å²) < 4.78 is 26.6. The van der Waals surface area contributed by atoms with Gasteiger partial charge in [-0.3, -0.25) is 14.8 Å². The molecule has 0 aliphatic carbocycles. The van der Waals surface area contributed by atoms with Crippen molar-refractivity contribution in [3.05, 3.63) is 78.2 Å². The zero-order chi connectivity index (χ0) is 21.0. The third kappa shape index (κ3) is 4.39. The van der Waals surface area contributed by atoms with Gasteiger partial charge in [0.2, 0.25) is 10.0 Å². The predicted molar refractivity (Wildman–Crippen MR) is 113 cm³/mol. The van der Waals surface area contributed by atoms with Crippen molar-refractivity contribution in [2.75, 3.05) is 13.1 Å². The van der Waals surface area contributed by atoms with E-state index >= 15 is 0 Å². The van der Waals surface area contributed by atoms with E-state index in [1.54, 1.807) is 30.7 Å². The first-order valence-corrected chi connectivity index (χ1v) is 11.2. The summed E-state index contributed by atoms with van der Waals surface area (Å²) in [4.78, 5) is 21.1. The monoisotopic (exact) mass is 422 g/mol.